The lowest BCUT2D eigenvalue weighted by atomic mass is 10.0. The summed E-state index contributed by atoms with van der Waals surface area (Å²) in [6.45, 7) is 1.06. The van der Waals surface area contributed by atoms with Gasteiger partial charge in [-0.05, 0) is 85.3 Å². The Bertz CT molecular complexity index is 1420. The Morgan fingerprint density at radius 3 is 2.57 bits per heavy atom. The predicted octanol–water partition coefficient (Wildman–Crippen LogP) is 4.93. The molecule has 0 radical (unpaired) electrons. The van der Waals surface area contributed by atoms with E-state index in [2.05, 4.69) is 20.5 Å². The molecule has 2 N–H and O–H groups in total. The van der Waals surface area contributed by atoms with E-state index in [0.717, 1.165) is 41.4 Å². The van der Waals surface area contributed by atoms with Crippen molar-refractivity contribution in [2.75, 3.05) is 6.54 Å². The highest BCUT2D eigenvalue weighted by Gasteiger charge is 2.14. The number of carbonyl (C=O) groups is 1. The molecule has 0 aliphatic carbocycles. The van der Waals surface area contributed by atoms with Crippen LogP contribution >= 0.6 is 11.6 Å². The first-order valence-corrected chi connectivity index (χ1v) is 13.2. The Labute approximate surface area is 209 Å². The van der Waals surface area contributed by atoms with Gasteiger partial charge in [-0.25, -0.2) is 17.9 Å². The second-order valence-corrected chi connectivity index (χ2v) is 10.5. The number of aromatic carboxylic acids is 1. The van der Waals surface area contributed by atoms with Gasteiger partial charge in [-0.2, -0.15) is 0 Å². The number of halogens is 1. The van der Waals surface area contributed by atoms with E-state index in [0.29, 0.717) is 24.4 Å². The highest BCUT2D eigenvalue weighted by Crippen LogP contribution is 2.25. The van der Waals surface area contributed by atoms with Gasteiger partial charge < -0.3 is 9.67 Å². The van der Waals surface area contributed by atoms with Crippen LogP contribution in [0, 0.1) is 0 Å². The normalized spacial score (nSPS) is 11.7. The number of hydrogen-bond acceptors (Lipinski definition) is 4. The molecule has 7 nitrogen and oxygen atoms in total. The van der Waals surface area contributed by atoms with Crippen LogP contribution in [0.25, 0.3) is 10.9 Å². The molecule has 0 saturated carbocycles. The minimum absolute atomic E-state index is 0.180. The molecule has 0 aliphatic rings. The number of hydrogen-bond donors (Lipinski definition) is 2. The summed E-state index contributed by atoms with van der Waals surface area (Å²) in [5.74, 6) is -0.961. The fraction of sp³-hybridized carbons (Fsp3) is 0.231. The quantitative estimate of drug-likeness (QED) is 0.278. The smallest absolute Gasteiger partial charge is 0.335 e. The number of pyridine rings is 1. The van der Waals surface area contributed by atoms with Crippen molar-refractivity contribution in [2.45, 2.75) is 37.1 Å². The number of fused-ring (bicyclic) bond motifs is 1. The minimum atomic E-state index is -3.58. The number of carboxylic acid groups (broad SMARTS) is 1. The molecule has 0 atom stereocenters. The van der Waals surface area contributed by atoms with Crippen LogP contribution in [0.4, 0.5) is 0 Å². The highest BCUT2D eigenvalue weighted by molar-refractivity contribution is 7.89. The van der Waals surface area contributed by atoms with E-state index in [1.807, 2.05) is 24.4 Å². The van der Waals surface area contributed by atoms with Gasteiger partial charge in [0.25, 0.3) is 0 Å². The first-order chi connectivity index (χ1) is 16.8. The Morgan fingerprint density at radius 2 is 1.86 bits per heavy atom. The average Bonchev–Trinajstić information content (AvgIpc) is 3.20. The Balaban J connectivity index is 1.42. The standard InChI is InChI=1S/C26H26ClN3O4S/c27-22-7-9-23(10-8-22)35(33,34)29-14-2-1-5-21-18-30(15-12-19-4-3-13-28-17-19)25-11-6-20(26(31)32)16-24(21)25/h3-4,6-11,13,16-18,29H,1-2,5,12,14-15H2,(H,31,32). The number of rotatable bonds is 11. The third kappa shape index (κ3) is 6.28. The van der Waals surface area contributed by atoms with Crippen molar-refractivity contribution >= 4 is 38.5 Å². The molecule has 0 unspecified atom stereocenters. The molecule has 0 aliphatic heterocycles. The molecular formula is C26H26ClN3O4S. The number of sulfonamides is 1. The van der Waals surface area contributed by atoms with Crippen LogP contribution in [0.2, 0.25) is 5.02 Å². The Hall–Kier alpha value is -3.20. The number of unbranched alkanes of at least 4 members (excludes halogenated alkanes) is 1. The van der Waals surface area contributed by atoms with Crippen LogP contribution in [0.3, 0.4) is 0 Å². The van der Waals surface area contributed by atoms with Crippen molar-refractivity contribution in [1.29, 1.82) is 0 Å². The van der Waals surface area contributed by atoms with Gasteiger partial charge in [-0.3, -0.25) is 4.98 Å². The van der Waals surface area contributed by atoms with Crippen molar-refractivity contribution in [3.8, 4) is 0 Å². The van der Waals surface area contributed by atoms with E-state index in [1.165, 1.54) is 12.1 Å². The third-order valence-electron chi connectivity index (χ3n) is 5.86. The lowest BCUT2D eigenvalue weighted by molar-refractivity contribution is 0.0697. The molecule has 9 heteroatoms. The highest BCUT2D eigenvalue weighted by atomic mass is 35.5. The zero-order valence-electron chi connectivity index (χ0n) is 19.0. The number of aromatic nitrogens is 2. The van der Waals surface area contributed by atoms with Crippen LogP contribution in [0.15, 0.2) is 78.1 Å². The molecule has 0 spiro atoms. The summed E-state index contributed by atoms with van der Waals surface area (Å²) in [5, 5.41) is 10.8. The number of benzene rings is 2. The van der Waals surface area contributed by atoms with E-state index < -0.39 is 16.0 Å². The lowest BCUT2D eigenvalue weighted by Crippen LogP contribution is -2.24. The summed E-state index contributed by atoms with van der Waals surface area (Å²) in [5.41, 5.74) is 3.41. The molecule has 2 aromatic heterocycles. The van der Waals surface area contributed by atoms with Gasteiger partial charge in [0.15, 0.2) is 0 Å². The zero-order valence-corrected chi connectivity index (χ0v) is 20.6. The van der Waals surface area contributed by atoms with Crippen molar-refractivity contribution < 1.29 is 18.3 Å². The molecule has 35 heavy (non-hydrogen) atoms. The zero-order chi connectivity index (χ0) is 24.8. The third-order valence-corrected chi connectivity index (χ3v) is 7.59. The molecule has 4 aromatic rings. The summed E-state index contributed by atoms with van der Waals surface area (Å²) in [6, 6.07) is 15.2. The Morgan fingerprint density at radius 1 is 1.06 bits per heavy atom. The monoisotopic (exact) mass is 511 g/mol. The first-order valence-electron chi connectivity index (χ1n) is 11.3. The number of nitrogens with zero attached hydrogens (tertiary/aromatic N) is 2. The topological polar surface area (TPSA) is 101 Å². The van der Waals surface area contributed by atoms with Gasteiger partial charge in [-0.15, -0.1) is 0 Å². The SMILES string of the molecule is O=C(O)c1ccc2c(c1)c(CCCCNS(=O)(=O)c1ccc(Cl)cc1)cn2CCc1cccnc1. The van der Waals surface area contributed by atoms with Gasteiger partial charge >= 0.3 is 5.97 Å². The maximum absolute atomic E-state index is 12.4. The number of aryl methyl sites for hydroxylation is 3. The molecule has 0 saturated heterocycles. The van der Waals surface area contributed by atoms with Gasteiger partial charge in [0, 0.05) is 47.6 Å². The average molecular weight is 512 g/mol. The van der Waals surface area contributed by atoms with Gasteiger partial charge in [0.1, 0.15) is 0 Å². The van der Waals surface area contributed by atoms with Crippen LogP contribution in [0.1, 0.15) is 34.3 Å². The van der Waals surface area contributed by atoms with E-state index in [9.17, 15) is 18.3 Å². The second-order valence-electron chi connectivity index (χ2n) is 8.30. The van der Waals surface area contributed by atoms with Gasteiger partial charge in [0.05, 0.1) is 10.5 Å². The molecule has 0 bridgehead atoms. The molecule has 0 fully saturated rings. The van der Waals surface area contributed by atoms with Gasteiger partial charge in [-0.1, -0.05) is 17.7 Å². The molecule has 4 rings (SSSR count). The molecular weight excluding hydrogens is 486 g/mol. The van der Waals surface area contributed by atoms with Crippen LogP contribution < -0.4 is 4.72 Å². The van der Waals surface area contributed by atoms with Crippen LogP contribution in [-0.4, -0.2) is 35.6 Å². The first kappa shape index (κ1) is 24.9. The predicted molar refractivity (Wildman–Crippen MR) is 136 cm³/mol. The van der Waals surface area contributed by atoms with E-state index in [-0.39, 0.29) is 10.5 Å². The van der Waals surface area contributed by atoms with Crippen molar-refractivity contribution in [3.05, 3.63) is 94.9 Å². The maximum Gasteiger partial charge on any atom is 0.335 e. The summed E-state index contributed by atoms with van der Waals surface area (Å²) in [4.78, 5) is 15.9. The number of carboxylic acids is 1. The lowest BCUT2D eigenvalue weighted by Gasteiger charge is -2.07. The van der Waals surface area contributed by atoms with E-state index in [1.54, 1.807) is 30.5 Å². The summed E-state index contributed by atoms with van der Waals surface area (Å²) >= 11 is 5.83. The minimum Gasteiger partial charge on any atom is -0.478 e. The Kier molecular flexibility index (Phi) is 7.85. The van der Waals surface area contributed by atoms with Crippen molar-refractivity contribution in [2.24, 2.45) is 0 Å². The van der Waals surface area contributed by atoms with Gasteiger partial charge in [0.2, 0.25) is 10.0 Å². The molecule has 182 valence electrons. The summed E-state index contributed by atoms with van der Waals surface area (Å²) in [7, 11) is -3.58. The summed E-state index contributed by atoms with van der Waals surface area (Å²) in [6.07, 6.45) is 8.59. The molecule has 2 heterocycles. The van der Waals surface area contributed by atoms with Crippen molar-refractivity contribution in [3.63, 3.8) is 0 Å². The largest absolute Gasteiger partial charge is 0.478 e. The van der Waals surface area contributed by atoms with E-state index in [4.69, 9.17) is 11.6 Å². The van der Waals surface area contributed by atoms with Crippen LogP contribution in [-0.2, 0) is 29.4 Å². The molecule has 2 aromatic carbocycles. The van der Waals surface area contributed by atoms with Crippen molar-refractivity contribution in [1.82, 2.24) is 14.3 Å². The van der Waals surface area contributed by atoms with E-state index >= 15 is 0 Å². The van der Waals surface area contributed by atoms with Crippen LogP contribution in [0.5, 0.6) is 0 Å². The maximum atomic E-state index is 12.4. The fourth-order valence-electron chi connectivity index (χ4n) is 4.03. The summed E-state index contributed by atoms with van der Waals surface area (Å²) < 4.78 is 29.6. The fourth-order valence-corrected chi connectivity index (χ4v) is 5.23. The second kappa shape index (κ2) is 11.0. The number of nitrogens with one attached hydrogen (secondary N) is 1. The molecule has 0 amide bonds.